The third-order valence-electron chi connectivity index (χ3n) is 3.72. The Bertz CT molecular complexity index is 468. The predicted octanol–water partition coefficient (Wildman–Crippen LogP) is 3.76. The third kappa shape index (κ3) is 3.08. The summed E-state index contributed by atoms with van der Waals surface area (Å²) in [6, 6.07) is 7.04. The van der Waals surface area contributed by atoms with Crippen LogP contribution < -0.4 is 0 Å². The van der Waals surface area contributed by atoms with Crippen molar-refractivity contribution >= 4 is 5.97 Å². The Kier molecular flexibility index (Phi) is 3.83. The van der Waals surface area contributed by atoms with Gasteiger partial charge in [0.05, 0.1) is 12.3 Å². The highest BCUT2D eigenvalue weighted by molar-refractivity contribution is 5.67. The van der Waals surface area contributed by atoms with Crippen molar-refractivity contribution in [1.29, 1.82) is 0 Å². The second-order valence-electron chi connectivity index (χ2n) is 4.94. The molecule has 0 saturated carbocycles. The minimum Gasteiger partial charge on any atom is -0.481 e. The average molecular weight is 272 g/mol. The van der Waals surface area contributed by atoms with Gasteiger partial charge in [-0.1, -0.05) is 24.3 Å². The number of aryl methyl sites for hydroxylation is 1. The van der Waals surface area contributed by atoms with E-state index < -0.39 is 30.4 Å². The van der Waals surface area contributed by atoms with Crippen molar-refractivity contribution in [2.45, 2.75) is 37.8 Å². The van der Waals surface area contributed by atoms with E-state index in [1.54, 1.807) is 18.2 Å². The van der Waals surface area contributed by atoms with Gasteiger partial charge in [0.25, 0.3) is 0 Å². The first kappa shape index (κ1) is 13.9. The van der Waals surface area contributed by atoms with E-state index in [9.17, 15) is 18.0 Å². The monoisotopic (exact) mass is 272 g/mol. The predicted molar refractivity (Wildman–Crippen MR) is 63.9 cm³/mol. The van der Waals surface area contributed by atoms with Gasteiger partial charge in [0, 0.05) is 0 Å². The first-order chi connectivity index (χ1) is 8.89. The summed E-state index contributed by atoms with van der Waals surface area (Å²) >= 11 is 0. The zero-order chi connectivity index (χ0) is 14.0. The highest BCUT2D eigenvalue weighted by atomic mass is 19.4. The van der Waals surface area contributed by atoms with Crippen LogP contribution >= 0.6 is 0 Å². The van der Waals surface area contributed by atoms with E-state index in [0.717, 1.165) is 12.0 Å². The number of hydrogen-bond donors (Lipinski definition) is 1. The fraction of sp³-hybridized carbons (Fsp3) is 0.500. The molecule has 5 heteroatoms. The lowest BCUT2D eigenvalue weighted by atomic mass is 9.74. The molecule has 0 amide bonds. The number of halogens is 3. The molecule has 1 aliphatic carbocycles. The fourth-order valence-corrected chi connectivity index (χ4v) is 2.88. The number of aliphatic carboxylic acids is 1. The lowest BCUT2D eigenvalue weighted by Gasteiger charge is -2.32. The number of carboxylic acids is 1. The Hall–Kier alpha value is -1.52. The smallest absolute Gasteiger partial charge is 0.392 e. The minimum atomic E-state index is -4.48. The highest BCUT2D eigenvalue weighted by Gasteiger charge is 2.47. The first-order valence-electron chi connectivity index (χ1n) is 6.26. The van der Waals surface area contributed by atoms with E-state index in [2.05, 4.69) is 0 Å². The molecule has 0 fully saturated rings. The molecule has 0 saturated heterocycles. The molecule has 2 nitrogen and oxygen atoms in total. The molecular weight excluding hydrogens is 257 g/mol. The number of rotatable bonds is 3. The number of benzene rings is 1. The Balaban J connectivity index is 2.36. The van der Waals surface area contributed by atoms with Crippen molar-refractivity contribution in [2.24, 2.45) is 5.92 Å². The lowest BCUT2D eigenvalue weighted by Crippen LogP contribution is -2.33. The van der Waals surface area contributed by atoms with Crippen LogP contribution in [0.3, 0.4) is 0 Å². The molecule has 19 heavy (non-hydrogen) atoms. The van der Waals surface area contributed by atoms with E-state index in [1.807, 2.05) is 6.07 Å². The van der Waals surface area contributed by atoms with Crippen molar-refractivity contribution < 1.29 is 23.1 Å². The Morgan fingerprint density at radius 1 is 1.37 bits per heavy atom. The maximum Gasteiger partial charge on any atom is 0.392 e. The summed E-state index contributed by atoms with van der Waals surface area (Å²) in [5.41, 5.74) is 1.58. The van der Waals surface area contributed by atoms with Crippen LogP contribution in [-0.2, 0) is 11.2 Å². The number of alkyl halides is 3. The van der Waals surface area contributed by atoms with Crippen molar-refractivity contribution in [1.82, 2.24) is 0 Å². The highest BCUT2D eigenvalue weighted by Crippen LogP contribution is 2.45. The van der Waals surface area contributed by atoms with Crippen LogP contribution in [0.4, 0.5) is 13.2 Å². The molecule has 0 bridgehead atoms. The van der Waals surface area contributed by atoms with Crippen molar-refractivity contribution in [2.75, 3.05) is 0 Å². The molecular formula is C14H15F3O2. The number of hydrogen-bond acceptors (Lipinski definition) is 1. The maximum atomic E-state index is 13.1. The van der Waals surface area contributed by atoms with Crippen LogP contribution in [0.2, 0.25) is 0 Å². The number of fused-ring (bicyclic) bond motifs is 1. The zero-order valence-corrected chi connectivity index (χ0v) is 10.3. The number of carboxylic acid groups (broad SMARTS) is 1. The Labute approximate surface area is 109 Å². The van der Waals surface area contributed by atoms with E-state index >= 15 is 0 Å². The van der Waals surface area contributed by atoms with Gasteiger partial charge in [-0.05, 0) is 36.3 Å². The molecule has 104 valence electrons. The van der Waals surface area contributed by atoms with Gasteiger partial charge in [-0.3, -0.25) is 4.79 Å². The van der Waals surface area contributed by atoms with Crippen LogP contribution in [0.25, 0.3) is 0 Å². The zero-order valence-electron chi connectivity index (χ0n) is 10.3. The lowest BCUT2D eigenvalue weighted by molar-refractivity contribution is -0.189. The van der Waals surface area contributed by atoms with Crippen LogP contribution in [0.15, 0.2) is 24.3 Å². The summed E-state index contributed by atoms with van der Waals surface area (Å²) in [4.78, 5) is 10.7. The first-order valence-corrected chi connectivity index (χ1v) is 6.26. The Morgan fingerprint density at radius 3 is 2.68 bits per heavy atom. The summed E-state index contributed by atoms with van der Waals surface area (Å²) in [5, 5.41) is 8.73. The molecule has 1 aliphatic rings. The van der Waals surface area contributed by atoms with Gasteiger partial charge in [-0.25, -0.2) is 0 Å². The van der Waals surface area contributed by atoms with Gasteiger partial charge in [-0.2, -0.15) is 13.2 Å². The van der Waals surface area contributed by atoms with Crippen LogP contribution in [0, 0.1) is 5.92 Å². The van der Waals surface area contributed by atoms with Crippen molar-refractivity contribution in [3.8, 4) is 0 Å². The molecule has 1 aromatic carbocycles. The molecule has 0 heterocycles. The van der Waals surface area contributed by atoms with E-state index in [4.69, 9.17) is 5.11 Å². The van der Waals surface area contributed by atoms with Crippen molar-refractivity contribution in [3.05, 3.63) is 35.4 Å². The van der Waals surface area contributed by atoms with Gasteiger partial charge in [0.2, 0.25) is 0 Å². The SMILES string of the molecule is O=C(O)CC(C1CCCc2ccccc21)C(F)(F)F. The van der Waals surface area contributed by atoms with Gasteiger partial charge in [-0.15, -0.1) is 0 Å². The molecule has 0 aromatic heterocycles. The average Bonchev–Trinajstić information content (AvgIpc) is 2.34. The van der Waals surface area contributed by atoms with Gasteiger partial charge < -0.3 is 5.11 Å². The molecule has 2 rings (SSSR count). The van der Waals surface area contributed by atoms with Crippen LogP contribution in [0.5, 0.6) is 0 Å². The van der Waals surface area contributed by atoms with Crippen molar-refractivity contribution in [3.63, 3.8) is 0 Å². The molecule has 0 aliphatic heterocycles. The largest absolute Gasteiger partial charge is 0.481 e. The standard InChI is InChI=1S/C14H15F3O2/c15-14(16,17)12(8-13(18)19)11-7-3-5-9-4-1-2-6-10(9)11/h1-2,4,6,11-12H,3,5,7-8H2,(H,18,19). The molecule has 0 spiro atoms. The summed E-state index contributed by atoms with van der Waals surface area (Å²) < 4.78 is 39.3. The Morgan fingerprint density at radius 2 is 2.05 bits per heavy atom. The summed E-state index contributed by atoms with van der Waals surface area (Å²) in [7, 11) is 0. The van der Waals surface area contributed by atoms with Gasteiger partial charge >= 0.3 is 12.1 Å². The quantitative estimate of drug-likeness (QED) is 0.909. The molecule has 2 atom stereocenters. The summed E-state index contributed by atoms with van der Waals surface area (Å²) in [5.74, 6) is -3.93. The molecule has 1 aromatic rings. The second kappa shape index (κ2) is 5.23. The molecule has 1 N–H and O–H groups in total. The maximum absolute atomic E-state index is 13.1. The minimum absolute atomic E-state index is 0.397. The van der Waals surface area contributed by atoms with Crippen LogP contribution in [0.1, 0.15) is 36.3 Å². The fourth-order valence-electron chi connectivity index (χ4n) is 2.88. The number of carbonyl (C=O) groups is 1. The van der Waals surface area contributed by atoms with Crippen LogP contribution in [-0.4, -0.2) is 17.3 Å². The van der Waals surface area contributed by atoms with Gasteiger partial charge in [0.1, 0.15) is 0 Å². The van der Waals surface area contributed by atoms with E-state index in [0.29, 0.717) is 18.4 Å². The normalized spacial score (nSPS) is 20.7. The molecule has 0 radical (unpaired) electrons. The summed E-state index contributed by atoms with van der Waals surface area (Å²) in [6.45, 7) is 0. The van der Waals surface area contributed by atoms with E-state index in [1.165, 1.54) is 0 Å². The van der Waals surface area contributed by atoms with Gasteiger partial charge in [0.15, 0.2) is 0 Å². The van der Waals surface area contributed by atoms with E-state index in [-0.39, 0.29) is 0 Å². The second-order valence-corrected chi connectivity index (χ2v) is 4.94. The summed E-state index contributed by atoms with van der Waals surface area (Å²) in [6.07, 6.45) is -3.50. The topological polar surface area (TPSA) is 37.3 Å². The third-order valence-corrected chi connectivity index (χ3v) is 3.72. The molecule has 2 unspecified atom stereocenters.